The summed E-state index contributed by atoms with van der Waals surface area (Å²) in [5.41, 5.74) is 2.76. The molecule has 0 spiro atoms. The highest BCUT2D eigenvalue weighted by atomic mass is 32.2. The normalized spacial score (nSPS) is 12.5. The number of nitrogens with zero attached hydrogens (tertiary/aromatic N) is 3. The van der Waals surface area contributed by atoms with Gasteiger partial charge in [0.1, 0.15) is 0 Å². The average Bonchev–Trinajstić information content (AvgIpc) is 3.42. The fourth-order valence-corrected chi connectivity index (χ4v) is 4.18. The van der Waals surface area contributed by atoms with Gasteiger partial charge in [0, 0.05) is 17.3 Å². The maximum Gasteiger partial charge on any atom is 0.266 e. The third-order valence-corrected chi connectivity index (χ3v) is 6.09. The second kappa shape index (κ2) is 8.62. The second-order valence-corrected chi connectivity index (χ2v) is 8.77. The van der Waals surface area contributed by atoms with Crippen LogP contribution in [0.15, 0.2) is 58.5 Å². The van der Waals surface area contributed by atoms with Gasteiger partial charge in [0.2, 0.25) is 12.7 Å². The molecule has 4 aromatic rings. The number of hydrogen-bond acceptors (Lipinski definition) is 7. The van der Waals surface area contributed by atoms with E-state index in [4.69, 9.17) is 9.47 Å². The lowest BCUT2D eigenvalue weighted by Crippen LogP contribution is -2.15. The van der Waals surface area contributed by atoms with Crippen LogP contribution in [0, 0.1) is 0 Å². The number of rotatable bonds is 6. The van der Waals surface area contributed by atoms with E-state index in [1.54, 1.807) is 12.1 Å². The van der Waals surface area contributed by atoms with Crippen molar-refractivity contribution in [1.82, 2.24) is 19.6 Å². The van der Waals surface area contributed by atoms with E-state index < -0.39 is 0 Å². The molecule has 1 aliphatic heterocycles. The molecule has 0 atom stereocenters. The van der Waals surface area contributed by atoms with Gasteiger partial charge in [0.05, 0.1) is 5.75 Å². The van der Waals surface area contributed by atoms with Crippen molar-refractivity contribution in [2.24, 2.45) is 0 Å². The first-order chi connectivity index (χ1) is 16.0. The molecular weight excluding hydrogens is 442 g/mol. The largest absolute Gasteiger partial charge is 0.454 e. The topological polar surface area (TPSA) is 111 Å². The molecule has 9 nitrogen and oxygen atoms in total. The first-order valence-corrected chi connectivity index (χ1v) is 11.4. The Labute approximate surface area is 193 Å². The standard InChI is InChI=1S/C23H21N5O4S/c1-13(2)14-3-6-16(7-4-14)24-21(30)11-33-23-26-22(25-19-10-20(29)27-28(19)23)15-5-8-17-18(9-15)32-12-31-17/h3-10,13H,11-12H2,1-2H3,(H,24,30)(H,27,29). The predicted molar refractivity (Wildman–Crippen MR) is 125 cm³/mol. The molecule has 1 aliphatic rings. The van der Waals surface area contributed by atoms with Crippen LogP contribution < -0.4 is 20.3 Å². The smallest absolute Gasteiger partial charge is 0.266 e. The second-order valence-electron chi connectivity index (χ2n) is 7.83. The molecule has 5 rings (SSSR count). The molecule has 1 amide bonds. The Kier molecular flexibility index (Phi) is 5.51. The van der Waals surface area contributed by atoms with Gasteiger partial charge in [-0.05, 0) is 41.8 Å². The van der Waals surface area contributed by atoms with Crippen LogP contribution in [0.4, 0.5) is 5.69 Å². The van der Waals surface area contributed by atoms with Crippen LogP contribution >= 0.6 is 11.8 Å². The van der Waals surface area contributed by atoms with Crippen molar-refractivity contribution in [1.29, 1.82) is 0 Å². The lowest BCUT2D eigenvalue weighted by Gasteiger charge is -2.09. The first-order valence-electron chi connectivity index (χ1n) is 10.4. The van der Waals surface area contributed by atoms with E-state index in [1.807, 2.05) is 30.3 Å². The molecule has 33 heavy (non-hydrogen) atoms. The summed E-state index contributed by atoms with van der Waals surface area (Å²) in [7, 11) is 0. The van der Waals surface area contributed by atoms with E-state index >= 15 is 0 Å². The molecule has 3 heterocycles. The maximum absolute atomic E-state index is 12.5. The highest BCUT2D eigenvalue weighted by Gasteiger charge is 2.17. The van der Waals surface area contributed by atoms with Crippen LogP contribution in [-0.4, -0.2) is 38.0 Å². The maximum atomic E-state index is 12.5. The first kappa shape index (κ1) is 21.1. The van der Waals surface area contributed by atoms with Crippen molar-refractivity contribution < 1.29 is 14.3 Å². The van der Waals surface area contributed by atoms with Gasteiger partial charge < -0.3 is 14.8 Å². The van der Waals surface area contributed by atoms with Crippen molar-refractivity contribution in [2.75, 3.05) is 17.9 Å². The third-order valence-electron chi connectivity index (χ3n) is 5.15. The fourth-order valence-electron chi connectivity index (χ4n) is 3.42. The van der Waals surface area contributed by atoms with Crippen molar-refractivity contribution in [3.8, 4) is 22.9 Å². The average molecular weight is 464 g/mol. The van der Waals surface area contributed by atoms with E-state index in [0.29, 0.717) is 39.6 Å². The van der Waals surface area contributed by atoms with Crippen molar-refractivity contribution in [3.63, 3.8) is 0 Å². The predicted octanol–water partition coefficient (Wildman–Crippen LogP) is 3.67. The zero-order chi connectivity index (χ0) is 22.9. The Morgan fingerprint density at radius 1 is 1.12 bits per heavy atom. The summed E-state index contributed by atoms with van der Waals surface area (Å²) in [5, 5.41) is 6.01. The van der Waals surface area contributed by atoms with Crippen molar-refractivity contribution >= 4 is 29.0 Å². The highest BCUT2D eigenvalue weighted by molar-refractivity contribution is 7.99. The summed E-state index contributed by atoms with van der Waals surface area (Å²) in [6.07, 6.45) is 0. The summed E-state index contributed by atoms with van der Waals surface area (Å²) >= 11 is 1.21. The number of aromatic nitrogens is 4. The molecule has 0 saturated carbocycles. The van der Waals surface area contributed by atoms with Gasteiger partial charge in [-0.2, -0.15) is 0 Å². The number of ether oxygens (including phenoxy) is 2. The molecule has 0 unspecified atom stereocenters. The number of amides is 1. The number of carbonyl (C=O) groups excluding carboxylic acids is 1. The third kappa shape index (κ3) is 4.42. The van der Waals surface area contributed by atoms with Crippen LogP contribution in [0.2, 0.25) is 0 Å². The van der Waals surface area contributed by atoms with Gasteiger partial charge in [-0.3, -0.25) is 14.7 Å². The van der Waals surface area contributed by atoms with Crippen LogP contribution in [-0.2, 0) is 4.79 Å². The van der Waals surface area contributed by atoms with Crippen molar-refractivity contribution in [2.45, 2.75) is 24.9 Å². The van der Waals surface area contributed by atoms with Crippen molar-refractivity contribution in [3.05, 3.63) is 64.4 Å². The molecule has 0 fully saturated rings. The van der Waals surface area contributed by atoms with Gasteiger partial charge >= 0.3 is 0 Å². The molecule has 2 aromatic heterocycles. The number of aromatic amines is 1. The summed E-state index contributed by atoms with van der Waals surface area (Å²) < 4.78 is 12.3. The number of thioether (sulfide) groups is 1. The molecule has 168 valence electrons. The number of H-pyrrole nitrogens is 1. The molecular formula is C23H21N5O4S. The van der Waals surface area contributed by atoms with Crippen LogP contribution in [0.3, 0.4) is 0 Å². The lowest BCUT2D eigenvalue weighted by molar-refractivity contribution is -0.113. The van der Waals surface area contributed by atoms with Gasteiger partial charge in [0.25, 0.3) is 5.56 Å². The summed E-state index contributed by atoms with van der Waals surface area (Å²) in [5.74, 6) is 2.04. The monoisotopic (exact) mass is 463 g/mol. The van der Waals surface area contributed by atoms with E-state index in [9.17, 15) is 9.59 Å². The zero-order valence-electron chi connectivity index (χ0n) is 18.0. The lowest BCUT2D eigenvalue weighted by atomic mass is 10.0. The number of nitrogens with one attached hydrogen (secondary N) is 2. The fraction of sp³-hybridized carbons (Fsp3) is 0.217. The zero-order valence-corrected chi connectivity index (χ0v) is 18.8. The minimum atomic E-state index is -0.302. The Bertz CT molecular complexity index is 1390. The quantitative estimate of drug-likeness (QED) is 0.420. The number of hydrogen-bond donors (Lipinski definition) is 2. The Morgan fingerprint density at radius 3 is 2.70 bits per heavy atom. The molecule has 2 aromatic carbocycles. The van der Waals surface area contributed by atoms with Gasteiger partial charge in [-0.25, -0.2) is 14.5 Å². The highest BCUT2D eigenvalue weighted by Crippen LogP contribution is 2.35. The molecule has 10 heteroatoms. The Morgan fingerprint density at radius 2 is 1.91 bits per heavy atom. The summed E-state index contributed by atoms with van der Waals surface area (Å²) in [6, 6.07) is 14.6. The van der Waals surface area contributed by atoms with E-state index in [1.165, 1.54) is 27.9 Å². The number of benzene rings is 2. The van der Waals surface area contributed by atoms with E-state index in [-0.39, 0.29) is 24.0 Å². The minimum absolute atomic E-state index is 0.110. The number of carbonyl (C=O) groups is 1. The van der Waals surface area contributed by atoms with E-state index in [2.05, 4.69) is 34.2 Å². The molecule has 0 saturated heterocycles. The molecule has 2 N–H and O–H groups in total. The van der Waals surface area contributed by atoms with Crippen LogP contribution in [0.1, 0.15) is 25.3 Å². The number of fused-ring (bicyclic) bond motifs is 2. The van der Waals surface area contributed by atoms with Gasteiger partial charge in [-0.1, -0.05) is 37.7 Å². The minimum Gasteiger partial charge on any atom is -0.454 e. The SMILES string of the molecule is CC(C)c1ccc(NC(=O)CSc2nc(-c3ccc4c(c3)OCO4)nc3cc(=O)[nH]n23)cc1. The molecule has 0 radical (unpaired) electrons. The number of anilines is 1. The molecule has 0 bridgehead atoms. The van der Waals surface area contributed by atoms with Crippen LogP contribution in [0.5, 0.6) is 11.5 Å². The Balaban J connectivity index is 1.37. The summed E-state index contributed by atoms with van der Waals surface area (Å²) in [6.45, 7) is 4.41. The van der Waals surface area contributed by atoms with E-state index in [0.717, 1.165) is 5.69 Å². The van der Waals surface area contributed by atoms with Gasteiger partial charge in [0.15, 0.2) is 28.1 Å². The Hall–Kier alpha value is -3.79. The molecule has 0 aliphatic carbocycles. The van der Waals surface area contributed by atoms with Crippen LogP contribution in [0.25, 0.3) is 17.0 Å². The van der Waals surface area contributed by atoms with Gasteiger partial charge in [-0.15, -0.1) is 0 Å². The summed E-state index contributed by atoms with van der Waals surface area (Å²) in [4.78, 5) is 33.5.